The van der Waals surface area contributed by atoms with Crippen molar-refractivity contribution < 1.29 is 9.59 Å². The van der Waals surface area contributed by atoms with Gasteiger partial charge in [0.15, 0.2) is 5.11 Å². The summed E-state index contributed by atoms with van der Waals surface area (Å²) < 4.78 is 0. The van der Waals surface area contributed by atoms with Crippen molar-refractivity contribution in [1.82, 2.24) is 21.5 Å². The fraction of sp³-hybridized carbons (Fsp3) is 0.850. The van der Waals surface area contributed by atoms with E-state index in [-0.39, 0.29) is 23.8 Å². The van der Waals surface area contributed by atoms with Crippen LogP contribution in [0.5, 0.6) is 0 Å². The molecule has 4 bridgehead atoms. The van der Waals surface area contributed by atoms with Gasteiger partial charge in [-0.1, -0.05) is 13.8 Å². The molecule has 0 saturated heterocycles. The quantitative estimate of drug-likeness (QED) is 0.393. The van der Waals surface area contributed by atoms with Crippen LogP contribution in [0.25, 0.3) is 0 Å². The van der Waals surface area contributed by atoms with Crippen LogP contribution in [0.4, 0.5) is 0 Å². The maximum Gasteiger partial charge on any atom is 0.257 e. The third-order valence-corrected chi connectivity index (χ3v) is 6.72. The highest BCUT2D eigenvalue weighted by Gasteiger charge is 2.51. The first-order valence-corrected chi connectivity index (χ1v) is 10.8. The molecule has 4 rings (SSSR count). The Morgan fingerprint density at radius 2 is 1.56 bits per heavy atom. The smallest absolute Gasteiger partial charge is 0.257 e. The van der Waals surface area contributed by atoms with Crippen LogP contribution in [-0.4, -0.2) is 30.0 Å². The molecule has 152 valence electrons. The number of hydrazine groups is 1. The Balaban J connectivity index is 1.32. The normalized spacial score (nSPS) is 30.9. The van der Waals surface area contributed by atoms with Crippen molar-refractivity contribution in [2.45, 2.75) is 65.2 Å². The number of thiocarbonyl (C=S) groups is 1. The van der Waals surface area contributed by atoms with Crippen molar-refractivity contribution >= 4 is 29.1 Å². The Bertz CT molecular complexity index is 543. The van der Waals surface area contributed by atoms with Gasteiger partial charge < -0.3 is 10.6 Å². The zero-order chi connectivity index (χ0) is 19.4. The molecular formula is C20H34N4O2S. The SMILES string of the molecule is CC(C)CCNC(=S)NNC(=O)CNC(=O)CC12CC3CC(CC(C3)C1)C2. The van der Waals surface area contributed by atoms with Gasteiger partial charge in [-0.25, -0.2) is 0 Å². The highest BCUT2D eigenvalue weighted by molar-refractivity contribution is 7.80. The maximum atomic E-state index is 12.4. The lowest BCUT2D eigenvalue weighted by molar-refractivity contribution is -0.132. The van der Waals surface area contributed by atoms with Gasteiger partial charge in [0, 0.05) is 13.0 Å². The molecular weight excluding hydrogens is 360 g/mol. The highest BCUT2D eigenvalue weighted by Crippen LogP contribution is 2.61. The first-order valence-electron chi connectivity index (χ1n) is 10.4. The summed E-state index contributed by atoms with van der Waals surface area (Å²) in [6.45, 7) is 5.03. The van der Waals surface area contributed by atoms with E-state index >= 15 is 0 Å². The molecule has 0 heterocycles. The molecule has 4 saturated carbocycles. The summed E-state index contributed by atoms with van der Waals surface area (Å²) in [5, 5.41) is 6.22. The molecule has 0 atom stereocenters. The fourth-order valence-corrected chi connectivity index (χ4v) is 5.93. The molecule has 0 aromatic carbocycles. The number of carbonyl (C=O) groups excluding carboxylic acids is 2. The minimum atomic E-state index is -0.290. The van der Waals surface area contributed by atoms with Gasteiger partial charge in [0.25, 0.3) is 5.91 Å². The molecule has 0 aliphatic heterocycles. The molecule has 0 aromatic heterocycles. The summed E-state index contributed by atoms with van der Waals surface area (Å²) in [6, 6.07) is 0. The second-order valence-electron chi connectivity index (χ2n) is 9.48. The van der Waals surface area contributed by atoms with Gasteiger partial charge in [0.1, 0.15) is 0 Å². The summed E-state index contributed by atoms with van der Waals surface area (Å²) in [4.78, 5) is 24.3. The number of hydrogen-bond acceptors (Lipinski definition) is 3. The molecule has 0 radical (unpaired) electrons. The minimum absolute atomic E-state index is 0.00438. The van der Waals surface area contributed by atoms with Crippen LogP contribution in [0.1, 0.15) is 65.2 Å². The van der Waals surface area contributed by atoms with Gasteiger partial charge in [0.2, 0.25) is 5.91 Å². The van der Waals surface area contributed by atoms with Crippen LogP contribution in [0.3, 0.4) is 0 Å². The van der Waals surface area contributed by atoms with Crippen molar-refractivity contribution in [3.8, 4) is 0 Å². The van der Waals surface area contributed by atoms with Crippen molar-refractivity contribution in [3.63, 3.8) is 0 Å². The van der Waals surface area contributed by atoms with Gasteiger partial charge in [-0.05, 0) is 86.3 Å². The number of carbonyl (C=O) groups is 2. The Hall–Kier alpha value is -1.37. The fourth-order valence-electron chi connectivity index (χ4n) is 5.78. The van der Waals surface area contributed by atoms with Gasteiger partial charge in [-0.15, -0.1) is 0 Å². The van der Waals surface area contributed by atoms with E-state index in [9.17, 15) is 9.59 Å². The Morgan fingerprint density at radius 1 is 0.963 bits per heavy atom. The van der Waals surface area contributed by atoms with Gasteiger partial charge in [-0.3, -0.25) is 20.4 Å². The lowest BCUT2D eigenvalue weighted by Crippen LogP contribution is -2.51. The van der Waals surface area contributed by atoms with E-state index in [2.05, 4.69) is 35.3 Å². The summed E-state index contributed by atoms with van der Waals surface area (Å²) in [6.07, 6.45) is 9.33. The lowest BCUT2D eigenvalue weighted by atomic mass is 9.49. The van der Waals surface area contributed by atoms with Crippen LogP contribution in [0.2, 0.25) is 0 Å². The van der Waals surface area contributed by atoms with Crippen molar-refractivity contribution in [3.05, 3.63) is 0 Å². The van der Waals surface area contributed by atoms with Crippen molar-refractivity contribution in [2.24, 2.45) is 29.1 Å². The molecule has 27 heavy (non-hydrogen) atoms. The third-order valence-electron chi connectivity index (χ3n) is 6.47. The van der Waals surface area contributed by atoms with E-state index in [0.29, 0.717) is 17.5 Å². The largest absolute Gasteiger partial charge is 0.361 e. The van der Waals surface area contributed by atoms with E-state index in [0.717, 1.165) is 30.7 Å². The molecule has 4 aliphatic carbocycles. The van der Waals surface area contributed by atoms with E-state index in [1.165, 1.54) is 38.5 Å². The molecule has 0 unspecified atom stereocenters. The lowest BCUT2D eigenvalue weighted by Gasteiger charge is -2.56. The molecule has 4 fully saturated rings. The van der Waals surface area contributed by atoms with Gasteiger partial charge in [0.05, 0.1) is 6.54 Å². The summed E-state index contributed by atoms with van der Waals surface area (Å²) in [5.74, 6) is 2.81. The summed E-state index contributed by atoms with van der Waals surface area (Å²) in [7, 11) is 0. The van der Waals surface area contributed by atoms with E-state index in [1.807, 2.05) is 0 Å². The van der Waals surface area contributed by atoms with Crippen molar-refractivity contribution in [1.29, 1.82) is 0 Å². The zero-order valence-electron chi connectivity index (χ0n) is 16.6. The predicted octanol–water partition coefficient (Wildman–Crippen LogP) is 2.25. The molecule has 0 spiro atoms. The standard InChI is InChI=1S/C20H34N4O2S/c1-13(2)3-4-21-19(27)24-23-18(26)12-22-17(25)11-20-8-14-5-15(9-20)7-16(6-14)10-20/h13-16H,3-12H2,1-2H3,(H,22,25)(H,23,26)(H2,21,24,27). The van der Waals surface area contributed by atoms with Crippen LogP contribution in [-0.2, 0) is 9.59 Å². The van der Waals surface area contributed by atoms with Gasteiger partial charge >= 0.3 is 0 Å². The number of hydrogen-bond donors (Lipinski definition) is 4. The zero-order valence-corrected chi connectivity index (χ0v) is 17.4. The van der Waals surface area contributed by atoms with Gasteiger partial charge in [-0.2, -0.15) is 0 Å². The monoisotopic (exact) mass is 394 g/mol. The minimum Gasteiger partial charge on any atom is -0.361 e. The molecule has 2 amide bonds. The van der Waals surface area contributed by atoms with Crippen LogP contribution >= 0.6 is 12.2 Å². The Kier molecular flexibility index (Phi) is 6.61. The molecule has 6 nitrogen and oxygen atoms in total. The number of rotatable bonds is 7. The maximum absolute atomic E-state index is 12.4. The van der Waals surface area contributed by atoms with Crippen LogP contribution < -0.4 is 21.5 Å². The van der Waals surface area contributed by atoms with Crippen LogP contribution in [0, 0.1) is 29.1 Å². The summed E-state index contributed by atoms with van der Waals surface area (Å²) in [5.41, 5.74) is 5.41. The second kappa shape index (κ2) is 8.76. The number of amides is 2. The summed E-state index contributed by atoms with van der Waals surface area (Å²) >= 11 is 5.11. The third kappa shape index (κ3) is 5.80. The van der Waals surface area contributed by atoms with Crippen LogP contribution in [0.15, 0.2) is 0 Å². The van der Waals surface area contributed by atoms with E-state index in [4.69, 9.17) is 12.2 Å². The first kappa shape index (κ1) is 20.4. The molecule has 7 heteroatoms. The Morgan fingerprint density at radius 3 is 2.11 bits per heavy atom. The topological polar surface area (TPSA) is 82.3 Å². The first-order chi connectivity index (χ1) is 12.8. The Labute approximate surface area is 168 Å². The number of nitrogens with one attached hydrogen (secondary N) is 4. The molecule has 0 aromatic rings. The van der Waals surface area contributed by atoms with E-state index < -0.39 is 0 Å². The highest BCUT2D eigenvalue weighted by atomic mass is 32.1. The molecule has 4 N–H and O–H groups in total. The second-order valence-corrected chi connectivity index (χ2v) is 9.89. The van der Waals surface area contributed by atoms with E-state index in [1.54, 1.807) is 0 Å². The van der Waals surface area contributed by atoms with Crippen molar-refractivity contribution in [2.75, 3.05) is 13.1 Å². The average Bonchev–Trinajstić information content (AvgIpc) is 2.56. The average molecular weight is 395 g/mol. The molecule has 4 aliphatic rings. The predicted molar refractivity (Wildman–Crippen MR) is 110 cm³/mol.